The molecule has 0 spiro atoms. The van der Waals surface area contributed by atoms with Gasteiger partial charge in [-0.05, 0) is 30.5 Å². The normalized spacial score (nSPS) is 25.8. The predicted molar refractivity (Wildman–Crippen MR) is 103 cm³/mol. The van der Waals surface area contributed by atoms with Crippen molar-refractivity contribution in [1.29, 1.82) is 0 Å². The highest BCUT2D eigenvalue weighted by Gasteiger charge is 2.47. The molecule has 0 aromatic heterocycles. The van der Waals surface area contributed by atoms with Crippen molar-refractivity contribution in [2.24, 2.45) is 5.92 Å². The molecule has 1 aliphatic heterocycles. The molecule has 1 saturated heterocycles. The van der Waals surface area contributed by atoms with Gasteiger partial charge in [0.2, 0.25) is 10.0 Å². The summed E-state index contributed by atoms with van der Waals surface area (Å²) in [6.07, 6.45) is 0. The third kappa shape index (κ3) is 3.59. The monoisotopic (exact) mass is 397 g/mol. The number of hydrogen-bond acceptors (Lipinski definition) is 2. The molecule has 0 amide bonds. The van der Waals surface area contributed by atoms with Gasteiger partial charge < -0.3 is 0 Å². The summed E-state index contributed by atoms with van der Waals surface area (Å²) in [5, 5.41) is -0.287. The largest absolute Gasteiger partial charge is 0.243 e. The maximum Gasteiger partial charge on any atom is 0.243 e. The highest BCUT2D eigenvalue weighted by molar-refractivity contribution is 7.89. The van der Waals surface area contributed by atoms with E-state index < -0.39 is 10.0 Å². The second-order valence-corrected chi connectivity index (χ2v) is 9.16. The van der Waals surface area contributed by atoms with Crippen molar-refractivity contribution in [3.63, 3.8) is 0 Å². The summed E-state index contributed by atoms with van der Waals surface area (Å²) in [5.41, 5.74) is 1.10. The Hall–Kier alpha value is -1.07. The Morgan fingerprint density at radius 2 is 1.64 bits per heavy atom. The number of nitrogens with zero attached hydrogens (tertiary/aromatic N) is 1. The molecule has 2 aromatic rings. The molecule has 1 aliphatic rings. The molecule has 3 nitrogen and oxygen atoms in total. The Balaban J connectivity index is 2.00. The fraction of sp³-hybridized carbons (Fsp3) is 0.368. The predicted octanol–water partition coefficient (Wildman–Crippen LogP) is 4.33. The van der Waals surface area contributed by atoms with Crippen molar-refractivity contribution in [3.8, 4) is 0 Å². The van der Waals surface area contributed by atoms with Crippen molar-refractivity contribution >= 4 is 33.2 Å². The highest BCUT2D eigenvalue weighted by atomic mass is 35.5. The van der Waals surface area contributed by atoms with Crippen molar-refractivity contribution in [2.45, 2.75) is 29.2 Å². The van der Waals surface area contributed by atoms with Crippen LogP contribution in [0.5, 0.6) is 0 Å². The molecule has 134 valence electrons. The second-order valence-electron chi connectivity index (χ2n) is 6.40. The molecular formula is C19H21Cl2NO2S. The second kappa shape index (κ2) is 7.67. The summed E-state index contributed by atoms with van der Waals surface area (Å²) in [6.45, 7) is 2.33. The van der Waals surface area contributed by atoms with Gasteiger partial charge in [0.05, 0.1) is 10.3 Å². The smallest absolute Gasteiger partial charge is 0.207 e. The summed E-state index contributed by atoms with van der Waals surface area (Å²) >= 11 is 12.5. The number of halogens is 2. The summed E-state index contributed by atoms with van der Waals surface area (Å²) in [6, 6.07) is 18.3. The summed E-state index contributed by atoms with van der Waals surface area (Å²) in [5.74, 6) is 0.276. The molecule has 1 heterocycles. The van der Waals surface area contributed by atoms with E-state index in [2.05, 4.69) is 0 Å². The van der Waals surface area contributed by atoms with Gasteiger partial charge in [0.1, 0.15) is 0 Å². The maximum atomic E-state index is 13.1. The topological polar surface area (TPSA) is 37.4 Å². The Labute approximate surface area is 159 Å². The number of benzene rings is 2. The van der Waals surface area contributed by atoms with Crippen molar-refractivity contribution in [1.82, 2.24) is 4.31 Å². The van der Waals surface area contributed by atoms with Crippen LogP contribution < -0.4 is 0 Å². The van der Waals surface area contributed by atoms with Gasteiger partial charge in [0.15, 0.2) is 0 Å². The van der Waals surface area contributed by atoms with Gasteiger partial charge in [-0.3, -0.25) is 0 Å². The Kier molecular flexibility index (Phi) is 5.74. The van der Waals surface area contributed by atoms with E-state index in [1.54, 1.807) is 28.6 Å². The molecule has 4 atom stereocenters. The fourth-order valence-corrected chi connectivity index (χ4v) is 5.90. The molecule has 0 N–H and O–H groups in total. The SMILES string of the molecule is CC1C(c2ccccc2)C(C(Cl)CCl)CN1S(=O)(=O)c1ccccc1. The van der Waals surface area contributed by atoms with Crippen molar-refractivity contribution < 1.29 is 8.42 Å². The molecule has 0 saturated carbocycles. The van der Waals surface area contributed by atoms with Gasteiger partial charge >= 0.3 is 0 Å². The van der Waals surface area contributed by atoms with Gasteiger partial charge in [-0.2, -0.15) is 4.31 Å². The molecule has 2 aromatic carbocycles. The minimum absolute atomic E-state index is 0.0148. The van der Waals surface area contributed by atoms with Crippen LogP contribution in [-0.2, 0) is 10.0 Å². The van der Waals surface area contributed by atoms with E-state index in [4.69, 9.17) is 23.2 Å². The van der Waals surface area contributed by atoms with Crippen LogP contribution in [0, 0.1) is 5.92 Å². The lowest BCUT2D eigenvalue weighted by Crippen LogP contribution is -2.35. The fourth-order valence-electron chi connectivity index (χ4n) is 3.72. The van der Waals surface area contributed by atoms with E-state index in [-0.39, 0.29) is 23.3 Å². The first-order valence-corrected chi connectivity index (χ1v) is 10.7. The van der Waals surface area contributed by atoms with Gasteiger partial charge in [0, 0.05) is 24.4 Å². The van der Waals surface area contributed by atoms with Gasteiger partial charge in [-0.25, -0.2) is 8.42 Å². The number of rotatable bonds is 5. The molecular weight excluding hydrogens is 377 g/mol. The standard InChI is InChI=1S/C19H21Cl2NO2S/c1-14-19(15-8-4-2-5-9-15)17(18(21)12-20)13-22(14)25(23,24)16-10-6-3-7-11-16/h2-11,14,17-19H,12-13H2,1H3. The van der Waals surface area contributed by atoms with Crippen LogP contribution in [0.25, 0.3) is 0 Å². The molecule has 1 fully saturated rings. The van der Waals surface area contributed by atoms with Crippen LogP contribution in [0.3, 0.4) is 0 Å². The summed E-state index contributed by atoms with van der Waals surface area (Å²) in [7, 11) is -3.57. The number of hydrogen-bond donors (Lipinski definition) is 0. The lowest BCUT2D eigenvalue weighted by Gasteiger charge is -2.26. The van der Waals surface area contributed by atoms with E-state index in [9.17, 15) is 8.42 Å². The van der Waals surface area contributed by atoms with Gasteiger partial charge in [-0.15, -0.1) is 23.2 Å². The molecule has 25 heavy (non-hydrogen) atoms. The van der Waals surface area contributed by atoms with Crippen LogP contribution in [0.2, 0.25) is 0 Å². The van der Waals surface area contributed by atoms with E-state index in [0.717, 1.165) is 5.56 Å². The molecule has 0 aliphatic carbocycles. The van der Waals surface area contributed by atoms with E-state index in [1.165, 1.54) is 0 Å². The van der Waals surface area contributed by atoms with Crippen molar-refractivity contribution in [3.05, 3.63) is 66.2 Å². The Bertz CT molecular complexity index is 799. The zero-order valence-electron chi connectivity index (χ0n) is 13.9. The molecule has 0 bridgehead atoms. The van der Waals surface area contributed by atoms with Crippen LogP contribution in [-0.4, -0.2) is 36.6 Å². The Morgan fingerprint density at radius 1 is 1.08 bits per heavy atom. The number of sulfonamides is 1. The Morgan fingerprint density at radius 3 is 2.20 bits per heavy atom. The average molecular weight is 398 g/mol. The van der Waals surface area contributed by atoms with Crippen LogP contribution in [0.1, 0.15) is 18.4 Å². The minimum atomic E-state index is -3.57. The first-order valence-electron chi connectivity index (χ1n) is 8.28. The maximum absolute atomic E-state index is 13.1. The first kappa shape index (κ1) is 18.7. The zero-order valence-corrected chi connectivity index (χ0v) is 16.3. The van der Waals surface area contributed by atoms with E-state index in [1.807, 2.05) is 43.3 Å². The van der Waals surface area contributed by atoms with Crippen LogP contribution in [0.15, 0.2) is 65.6 Å². The van der Waals surface area contributed by atoms with Crippen LogP contribution in [0.4, 0.5) is 0 Å². The first-order chi connectivity index (χ1) is 12.0. The van der Waals surface area contributed by atoms with E-state index >= 15 is 0 Å². The van der Waals surface area contributed by atoms with Gasteiger partial charge in [0.25, 0.3) is 0 Å². The lowest BCUT2D eigenvalue weighted by atomic mass is 9.83. The quantitative estimate of drug-likeness (QED) is 0.704. The van der Waals surface area contributed by atoms with Gasteiger partial charge in [-0.1, -0.05) is 48.5 Å². The van der Waals surface area contributed by atoms with Crippen molar-refractivity contribution in [2.75, 3.05) is 12.4 Å². The van der Waals surface area contributed by atoms with E-state index in [0.29, 0.717) is 17.3 Å². The minimum Gasteiger partial charge on any atom is -0.207 e. The summed E-state index contributed by atoms with van der Waals surface area (Å²) in [4.78, 5) is 0.311. The third-order valence-corrected chi connectivity index (χ3v) is 7.91. The lowest BCUT2D eigenvalue weighted by molar-refractivity contribution is 0.393. The molecule has 6 heteroatoms. The number of alkyl halides is 2. The molecule has 4 unspecified atom stereocenters. The third-order valence-electron chi connectivity index (χ3n) is 4.97. The summed E-state index contributed by atoms with van der Waals surface area (Å²) < 4.78 is 27.8. The zero-order chi connectivity index (χ0) is 18.0. The van der Waals surface area contributed by atoms with Crippen LogP contribution >= 0.6 is 23.2 Å². The highest BCUT2D eigenvalue weighted by Crippen LogP contribution is 2.43. The molecule has 3 rings (SSSR count). The molecule has 0 radical (unpaired) electrons. The average Bonchev–Trinajstić information content (AvgIpc) is 3.00.